The predicted molar refractivity (Wildman–Crippen MR) is 90.1 cm³/mol. The largest absolute Gasteiger partial charge is 0.494 e. The average Bonchev–Trinajstić information content (AvgIpc) is 2.60. The maximum Gasteiger partial charge on any atom is 0.303 e. The summed E-state index contributed by atoms with van der Waals surface area (Å²) in [4.78, 5) is 0. The molecule has 0 spiro atoms. The van der Waals surface area contributed by atoms with Gasteiger partial charge < -0.3 is 26.6 Å². The summed E-state index contributed by atoms with van der Waals surface area (Å²) < 4.78 is 36.2. The van der Waals surface area contributed by atoms with Crippen molar-refractivity contribution in [2.45, 2.75) is 18.4 Å². The first-order valence-corrected chi connectivity index (χ1v) is 7.81. The van der Waals surface area contributed by atoms with Gasteiger partial charge in [0.15, 0.2) is 6.61 Å². The van der Waals surface area contributed by atoms with Crippen molar-refractivity contribution < 1.29 is 49.5 Å². The molecule has 142 valence electrons. The summed E-state index contributed by atoms with van der Waals surface area (Å²) in [5.74, 6) is -2.26. The molecule has 0 heterocycles. The zero-order valence-corrected chi connectivity index (χ0v) is 17.0. The Morgan fingerprint density at radius 1 is 0.923 bits per heavy atom. The van der Waals surface area contributed by atoms with E-state index in [4.69, 9.17) is 19.7 Å². The normalized spacial score (nSPS) is 12.2. The molecule has 2 aromatic carbocycles. The fourth-order valence-corrected chi connectivity index (χ4v) is 2.07. The van der Waals surface area contributed by atoms with Crippen LogP contribution in [0, 0.1) is 6.92 Å². The zero-order chi connectivity index (χ0) is 18.3. The molecule has 0 aliphatic carbocycles. The molecular weight excluding hydrogens is 514 g/mol. The molecule has 0 aromatic heterocycles. The Balaban J connectivity index is 0.00000338. The summed E-state index contributed by atoms with van der Waals surface area (Å²) in [7, 11) is 0. The monoisotopic (exact) mass is 535 g/mol. The minimum Gasteiger partial charge on any atom is -0.494 e. The van der Waals surface area contributed by atoms with Gasteiger partial charge in [0.2, 0.25) is 0 Å². The van der Waals surface area contributed by atoms with Crippen LogP contribution in [-0.2, 0) is 27.5 Å². The fraction of sp³-hybridized carbons (Fsp3) is 0.316. The van der Waals surface area contributed by atoms with Gasteiger partial charge in [0.05, 0.1) is 6.61 Å². The third-order valence-corrected chi connectivity index (χ3v) is 3.38. The number of ether oxygens (including phenoxy) is 2. The number of halogens is 2. The fourth-order valence-electron chi connectivity index (χ4n) is 2.07. The summed E-state index contributed by atoms with van der Waals surface area (Å²) >= 11 is 0. The summed E-state index contributed by atoms with van der Waals surface area (Å²) in [5, 5.41) is 17.6. The second kappa shape index (κ2) is 10.6. The second-order valence-electron chi connectivity index (χ2n) is 5.73. The SMILES string of the molecule is [CH2-]C(O)COc1ccc(Cc2ccc(OCC(F)(F)CO)cc2)cc1.[W]. The van der Waals surface area contributed by atoms with Gasteiger partial charge in [-0.2, -0.15) is 0 Å². The molecular formula is C19H21F2O4W-. The Morgan fingerprint density at radius 3 is 1.81 bits per heavy atom. The van der Waals surface area contributed by atoms with Crippen molar-refractivity contribution in [2.75, 3.05) is 19.8 Å². The smallest absolute Gasteiger partial charge is 0.303 e. The number of aliphatic hydroxyl groups excluding tert-OH is 2. The molecule has 1 atom stereocenters. The van der Waals surface area contributed by atoms with E-state index >= 15 is 0 Å². The van der Waals surface area contributed by atoms with Crippen LogP contribution in [-0.4, -0.2) is 42.1 Å². The standard InChI is InChI=1S/C19H21F2O4.W/c1-14(23)11-24-17-6-2-15(3-7-17)10-16-4-8-18(9-5-16)25-13-19(20,21)12-22;/h2-9,14,22-23H,1,10-13H2;/q-1;. The molecule has 0 aliphatic rings. The van der Waals surface area contributed by atoms with E-state index in [1.807, 2.05) is 24.3 Å². The number of aliphatic hydroxyl groups is 2. The van der Waals surface area contributed by atoms with E-state index in [0.29, 0.717) is 17.9 Å². The van der Waals surface area contributed by atoms with Gasteiger partial charge in [0, 0.05) is 21.1 Å². The predicted octanol–water partition coefficient (Wildman–Crippen LogP) is 2.86. The topological polar surface area (TPSA) is 58.9 Å². The van der Waals surface area contributed by atoms with Crippen LogP contribution < -0.4 is 9.47 Å². The Hall–Kier alpha value is -1.49. The third kappa shape index (κ3) is 7.81. The molecule has 2 N–H and O–H groups in total. The molecule has 4 nitrogen and oxygen atoms in total. The molecule has 0 radical (unpaired) electrons. The second-order valence-corrected chi connectivity index (χ2v) is 5.73. The van der Waals surface area contributed by atoms with Gasteiger partial charge in [-0.3, -0.25) is 0 Å². The van der Waals surface area contributed by atoms with Crippen molar-refractivity contribution in [3.05, 3.63) is 66.6 Å². The van der Waals surface area contributed by atoms with E-state index in [-0.39, 0.29) is 27.7 Å². The number of hydrogen-bond donors (Lipinski definition) is 2. The van der Waals surface area contributed by atoms with Crippen LogP contribution in [0.5, 0.6) is 11.5 Å². The number of rotatable bonds is 9. The minimum atomic E-state index is -3.24. The first kappa shape index (κ1) is 22.5. The quantitative estimate of drug-likeness (QED) is 0.486. The van der Waals surface area contributed by atoms with E-state index in [0.717, 1.165) is 11.1 Å². The van der Waals surface area contributed by atoms with Crippen LogP contribution >= 0.6 is 0 Å². The molecule has 7 heteroatoms. The minimum absolute atomic E-state index is 0. The molecule has 0 aliphatic heterocycles. The number of benzene rings is 2. The zero-order valence-electron chi connectivity index (χ0n) is 14.1. The van der Waals surface area contributed by atoms with Crippen LogP contribution in [0.3, 0.4) is 0 Å². The van der Waals surface area contributed by atoms with Crippen LogP contribution in [0.1, 0.15) is 11.1 Å². The van der Waals surface area contributed by atoms with Gasteiger partial charge in [0.25, 0.3) is 0 Å². The van der Waals surface area contributed by atoms with Gasteiger partial charge in [-0.15, -0.1) is 0 Å². The molecule has 0 amide bonds. The third-order valence-electron chi connectivity index (χ3n) is 3.38. The van der Waals surface area contributed by atoms with Crippen molar-refractivity contribution in [3.8, 4) is 11.5 Å². The van der Waals surface area contributed by atoms with Crippen LogP contribution in [0.15, 0.2) is 48.5 Å². The van der Waals surface area contributed by atoms with Crippen LogP contribution in [0.2, 0.25) is 0 Å². The molecule has 0 saturated heterocycles. The van der Waals surface area contributed by atoms with Crippen LogP contribution in [0.25, 0.3) is 0 Å². The van der Waals surface area contributed by atoms with E-state index in [1.165, 1.54) is 0 Å². The maximum absolute atomic E-state index is 12.9. The molecule has 0 bridgehead atoms. The van der Waals surface area contributed by atoms with E-state index in [2.05, 4.69) is 6.92 Å². The number of hydrogen-bond acceptors (Lipinski definition) is 4. The Morgan fingerprint density at radius 2 is 1.38 bits per heavy atom. The van der Waals surface area contributed by atoms with E-state index in [9.17, 15) is 8.78 Å². The van der Waals surface area contributed by atoms with Gasteiger partial charge in [-0.1, -0.05) is 24.3 Å². The van der Waals surface area contributed by atoms with Crippen molar-refractivity contribution in [1.82, 2.24) is 0 Å². The van der Waals surface area contributed by atoms with Gasteiger partial charge in [-0.25, -0.2) is 8.78 Å². The van der Waals surface area contributed by atoms with Crippen molar-refractivity contribution in [1.29, 1.82) is 0 Å². The Labute approximate surface area is 166 Å². The molecule has 0 fully saturated rings. The molecule has 26 heavy (non-hydrogen) atoms. The summed E-state index contributed by atoms with van der Waals surface area (Å²) in [6, 6.07) is 14.3. The van der Waals surface area contributed by atoms with Crippen molar-refractivity contribution in [2.24, 2.45) is 0 Å². The first-order valence-electron chi connectivity index (χ1n) is 7.81. The van der Waals surface area contributed by atoms with Gasteiger partial charge >= 0.3 is 5.92 Å². The molecule has 2 rings (SSSR count). The van der Waals surface area contributed by atoms with Gasteiger partial charge in [-0.05, 0) is 47.9 Å². The summed E-state index contributed by atoms with van der Waals surface area (Å²) in [6.07, 6.45) is -0.0940. The molecule has 1 unspecified atom stereocenters. The molecule has 2 aromatic rings. The summed E-state index contributed by atoms with van der Waals surface area (Å²) in [6.45, 7) is 1.47. The average molecular weight is 535 g/mol. The van der Waals surface area contributed by atoms with E-state index < -0.39 is 25.2 Å². The van der Waals surface area contributed by atoms with Gasteiger partial charge in [0.1, 0.15) is 18.1 Å². The number of alkyl halides is 2. The Bertz CT molecular complexity index is 646. The van der Waals surface area contributed by atoms with E-state index in [1.54, 1.807) is 24.3 Å². The summed E-state index contributed by atoms with van der Waals surface area (Å²) in [5.41, 5.74) is 2.06. The van der Waals surface area contributed by atoms with Crippen LogP contribution in [0.4, 0.5) is 8.78 Å². The van der Waals surface area contributed by atoms with Crippen molar-refractivity contribution in [3.63, 3.8) is 0 Å². The molecule has 0 saturated carbocycles. The maximum atomic E-state index is 12.9. The Kier molecular flexibility index (Phi) is 9.20. The first-order chi connectivity index (χ1) is 11.9. The van der Waals surface area contributed by atoms with Crippen molar-refractivity contribution >= 4 is 0 Å².